The molecule has 4 heteroatoms. The number of benzene rings is 1. The van der Waals surface area contributed by atoms with E-state index in [4.69, 9.17) is 15.2 Å². The normalized spacial score (nSPS) is 15.4. The predicted octanol–water partition coefficient (Wildman–Crippen LogP) is 3.35. The Bertz CT molecular complexity index is 680. The van der Waals surface area contributed by atoms with Gasteiger partial charge < -0.3 is 15.2 Å². The average molecular weight is 284 g/mol. The number of para-hydroxylation sites is 1. The number of fused-ring (bicyclic) bond motifs is 1. The summed E-state index contributed by atoms with van der Waals surface area (Å²) in [5.41, 5.74) is 8.51. The topological polar surface area (TPSA) is 57.4 Å². The first-order valence-electron chi connectivity index (χ1n) is 7.14. The molecule has 0 spiro atoms. The van der Waals surface area contributed by atoms with Crippen molar-refractivity contribution in [3.05, 3.63) is 47.2 Å². The predicted molar refractivity (Wildman–Crippen MR) is 81.8 cm³/mol. The van der Waals surface area contributed by atoms with Gasteiger partial charge >= 0.3 is 0 Å². The summed E-state index contributed by atoms with van der Waals surface area (Å²) >= 11 is 0. The van der Waals surface area contributed by atoms with Crippen molar-refractivity contribution in [2.24, 2.45) is 5.73 Å². The van der Waals surface area contributed by atoms with Crippen LogP contribution in [0.1, 0.15) is 30.7 Å². The fourth-order valence-corrected chi connectivity index (χ4v) is 2.58. The SMILES string of the molecule is Cc1ccc(CN)c(Oc2cccc3c2OC(C)(C)C3)n1. The number of aryl methyl sites for hydroxylation is 1. The lowest BCUT2D eigenvalue weighted by molar-refractivity contribution is 0.135. The van der Waals surface area contributed by atoms with E-state index < -0.39 is 0 Å². The number of pyridine rings is 1. The minimum Gasteiger partial charge on any atom is -0.483 e. The zero-order valence-corrected chi connectivity index (χ0v) is 12.6. The van der Waals surface area contributed by atoms with Gasteiger partial charge in [-0.15, -0.1) is 0 Å². The van der Waals surface area contributed by atoms with Crippen LogP contribution in [0, 0.1) is 6.92 Å². The van der Waals surface area contributed by atoms with E-state index in [-0.39, 0.29) is 5.60 Å². The standard InChI is InChI=1S/C17H20N2O2/c1-11-7-8-13(10-18)16(19-11)20-14-6-4-5-12-9-17(2,3)21-15(12)14/h4-8H,9-10,18H2,1-3H3. The third-order valence-electron chi connectivity index (χ3n) is 3.56. The van der Waals surface area contributed by atoms with E-state index in [2.05, 4.69) is 24.9 Å². The quantitative estimate of drug-likeness (QED) is 0.939. The first kappa shape index (κ1) is 13.9. The molecule has 0 amide bonds. The van der Waals surface area contributed by atoms with Crippen molar-refractivity contribution in [1.29, 1.82) is 0 Å². The Morgan fingerprint density at radius 3 is 2.86 bits per heavy atom. The molecule has 4 nitrogen and oxygen atoms in total. The molecule has 0 fully saturated rings. The molecule has 2 aromatic rings. The summed E-state index contributed by atoms with van der Waals surface area (Å²) in [4.78, 5) is 4.44. The molecule has 2 N–H and O–H groups in total. The van der Waals surface area contributed by atoms with E-state index in [9.17, 15) is 0 Å². The number of ether oxygens (including phenoxy) is 2. The van der Waals surface area contributed by atoms with Crippen LogP contribution in [0.2, 0.25) is 0 Å². The van der Waals surface area contributed by atoms with E-state index in [0.717, 1.165) is 23.4 Å². The number of nitrogens with zero attached hydrogens (tertiary/aromatic N) is 1. The maximum absolute atomic E-state index is 6.02. The average Bonchev–Trinajstić information content (AvgIpc) is 2.74. The highest BCUT2D eigenvalue weighted by molar-refractivity contribution is 5.51. The third kappa shape index (κ3) is 2.72. The second kappa shape index (κ2) is 5.04. The molecule has 3 rings (SSSR count). The Labute approximate surface area is 124 Å². The zero-order chi connectivity index (χ0) is 15.0. The van der Waals surface area contributed by atoms with Crippen LogP contribution in [-0.2, 0) is 13.0 Å². The van der Waals surface area contributed by atoms with E-state index >= 15 is 0 Å². The van der Waals surface area contributed by atoms with Crippen LogP contribution >= 0.6 is 0 Å². The molecule has 0 bridgehead atoms. The Morgan fingerprint density at radius 2 is 2.10 bits per heavy atom. The fraction of sp³-hybridized carbons (Fsp3) is 0.353. The summed E-state index contributed by atoms with van der Waals surface area (Å²) < 4.78 is 12.0. The molecule has 2 heterocycles. The van der Waals surface area contributed by atoms with Crippen LogP contribution in [0.3, 0.4) is 0 Å². The molecule has 0 radical (unpaired) electrons. The lowest BCUT2D eigenvalue weighted by Crippen LogP contribution is -2.24. The van der Waals surface area contributed by atoms with E-state index in [0.29, 0.717) is 18.2 Å². The van der Waals surface area contributed by atoms with Gasteiger partial charge in [0, 0.05) is 29.8 Å². The Hall–Kier alpha value is -2.07. The van der Waals surface area contributed by atoms with Gasteiger partial charge in [0.2, 0.25) is 5.88 Å². The van der Waals surface area contributed by atoms with Crippen molar-refractivity contribution in [1.82, 2.24) is 4.98 Å². The van der Waals surface area contributed by atoms with Gasteiger partial charge in [0.15, 0.2) is 11.5 Å². The van der Waals surface area contributed by atoms with E-state index in [1.807, 2.05) is 31.2 Å². The minimum absolute atomic E-state index is 0.196. The largest absolute Gasteiger partial charge is 0.483 e. The maximum atomic E-state index is 6.02. The second-order valence-electron chi connectivity index (χ2n) is 6.01. The van der Waals surface area contributed by atoms with Gasteiger partial charge in [0.05, 0.1) is 0 Å². The highest BCUT2D eigenvalue weighted by Gasteiger charge is 2.32. The molecule has 0 aliphatic carbocycles. The van der Waals surface area contributed by atoms with Crippen LogP contribution < -0.4 is 15.2 Å². The van der Waals surface area contributed by atoms with Gasteiger partial charge in [-0.1, -0.05) is 18.2 Å². The molecule has 0 saturated carbocycles. The molecule has 1 aromatic heterocycles. The van der Waals surface area contributed by atoms with Crippen molar-refractivity contribution >= 4 is 0 Å². The van der Waals surface area contributed by atoms with Crippen molar-refractivity contribution in [3.8, 4) is 17.4 Å². The number of aromatic nitrogens is 1. The summed E-state index contributed by atoms with van der Waals surface area (Å²) in [7, 11) is 0. The van der Waals surface area contributed by atoms with Crippen molar-refractivity contribution in [3.63, 3.8) is 0 Å². The molecular weight excluding hydrogens is 264 g/mol. The molecule has 1 aliphatic heterocycles. The molecule has 1 aliphatic rings. The fourth-order valence-electron chi connectivity index (χ4n) is 2.58. The van der Waals surface area contributed by atoms with Crippen molar-refractivity contribution in [2.75, 3.05) is 0 Å². The van der Waals surface area contributed by atoms with Gasteiger partial charge in [0.25, 0.3) is 0 Å². The number of hydrogen-bond donors (Lipinski definition) is 1. The number of rotatable bonds is 3. The van der Waals surface area contributed by atoms with Gasteiger partial charge in [-0.2, -0.15) is 0 Å². The highest BCUT2D eigenvalue weighted by atomic mass is 16.5. The summed E-state index contributed by atoms with van der Waals surface area (Å²) in [5.74, 6) is 2.07. The van der Waals surface area contributed by atoms with E-state index in [1.165, 1.54) is 5.56 Å². The van der Waals surface area contributed by atoms with Gasteiger partial charge in [-0.25, -0.2) is 4.98 Å². The highest BCUT2D eigenvalue weighted by Crippen LogP contribution is 2.43. The van der Waals surface area contributed by atoms with Crippen LogP contribution in [0.4, 0.5) is 0 Å². The van der Waals surface area contributed by atoms with Crippen LogP contribution in [0.15, 0.2) is 30.3 Å². The second-order valence-corrected chi connectivity index (χ2v) is 6.01. The molecule has 1 aromatic carbocycles. The number of hydrogen-bond acceptors (Lipinski definition) is 4. The van der Waals surface area contributed by atoms with Gasteiger partial charge in [-0.05, 0) is 32.9 Å². The lowest BCUT2D eigenvalue weighted by atomic mass is 10.0. The number of nitrogens with two attached hydrogens (primary N) is 1. The maximum Gasteiger partial charge on any atom is 0.224 e. The van der Waals surface area contributed by atoms with Crippen LogP contribution in [0.25, 0.3) is 0 Å². The Balaban J connectivity index is 1.98. The third-order valence-corrected chi connectivity index (χ3v) is 3.56. The first-order chi connectivity index (χ1) is 9.98. The summed E-state index contributed by atoms with van der Waals surface area (Å²) in [6.07, 6.45) is 0.879. The summed E-state index contributed by atoms with van der Waals surface area (Å²) in [6.45, 7) is 6.48. The van der Waals surface area contributed by atoms with Crippen molar-refractivity contribution in [2.45, 2.75) is 39.3 Å². The van der Waals surface area contributed by atoms with Crippen LogP contribution in [-0.4, -0.2) is 10.6 Å². The summed E-state index contributed by atoms with van der Waals surface area (Å²) in [5, 5.41) is 0. The smallest absolute Gasteiger partial charge is 0.224 e. The lowest BCUT2D eigenvalue weighted by Gasteiger charge is -2.18. The molecule has 0 unspecified atom stereocenters. The Kier molecular flexibility index (Phi) is 3.33. The van der Waals surface area contributed by atoms with Gasteiger partial charge in [0.1, 0.15) is 5.60 Å². The minimum atomic E-state index is -0.196. The summed E-state index contributed by atoms with van der Waals surface area (Å²) in [6, 6.07) is 9.85. The molecule has 110 valence electrons. The monoisotopic (exact) mass is 284 g/mol. The Morgan fingerprint density at radius 1 is 1.29 bits per heavy atom. The van der Waals surface area contributed by atoms with Gasteiger partial charge in [-0.3, -0.25) is 0 Å². The first-order valence-corrected chi connectivity index (χ1v) is 7.14. The van der Waals surface area contributed by atoms with E-state index in [1.54, 1.807) is 0 Å². The van der Waals surface area contributed by atoms with Crippen molar-refractivity contribution < 1.29 is 9.47 Å². The molecule has 0 saturated heterocycles. The zero-order valence-electron chi connectivity index (χ0n) is 12.6. The van der Waals surface area contributed by atoms with Crippen LogP contribution in [0.5, 0.6) is 17.4 Å². The molecule has 0 atom stereocenters. The molecular formula is C17H20N2O2. The molecule has 21 heavy (non-hydrogen) atoms.